The maximum Gasteiger partial charge on any atom is 0.241 e. The summed E-state index contributed by atoms with van der Waals surface area (Å²) in [6.45, 7) is 6.90. The van der Waals surface area contributed by atoms with Crippen LogP contribution in [0.15, 0.2) is 72.0 Å². The van der Waals surface area contributed by atoms with Gasteiger partial charge in [-0.1, -0.05) is 101 Å². The minimum Gasteiger partial charge on any atom is -0.547 e. The molecule has 10 aliphatic rings. The second-order valence-electron chi connectivity index (χ2n) is 25.8. The number of allylic oxidation sites excluding steroid dienone is 2. The summed E-state index contributed by atoms with van der Waals surface area (Å²) in [4.78, 5) is 34.4. The van der Waals surface area contributed by atoms with Crippen LogP contribution in [0.4, 0.5) is 11.4 Å². The highest BCUT2D eigenvalue weighted by molar-refractivity contribution is 6.70. The van der Waals surface area contributed by atoms with Gasteiger partial charge in [-0.05, 0) is 214 Å². The van der Waals surface area contributed by atoms with E-state index in [1.165, 1.54) is 134 Å². The molecule has 2 aromatic carbocycles. The molecule has 0 aliphatic heterocycles. The lowest BCUT2D eigenvalue weighted by molar-refractivity contribution is -0.152. The Morgan fingerprint density at radius 3 is 1.58 bits per heavy atom. The van der Waals surface area contributed by atoms with Crippen molar-refractivity contribution in [2.45, 2.75) is 267 Å². The van der Waals surface area contributed by atoms with Crippen LogP contribution in [0, 0.1) is 35.5 Å². The van der Waals surface area contributed by atoms with E-state index in [2.05, 4.69) is 37.1 Å². The number of nitrogens with two attached hydrogens (primary N) is 1. The molecule has 9 nitrogen and oxygen atoms in total. The van der Waals surface area contributed by atoms with Gasteiger partial charge >= 0.3 is 0 Å². The summed E-state index contributed by atoms with van der Waals surface area (Å²) in [7, 11) is -1.38. The van der Waals surface area contributed by atoms with E-state index in [0.29, 0.717) is 30.5 Å². The van der Waals surface area contributed by atoms with E-state index in [9.17, 15) is 29.7 Å². The van der Waals surface area contributed by atoms with Gasteiger partial charge in [0.15, 0.2) is 11.6 Å². The van der Waals surface area contributed by atoms with Crippen molar-refractivity contribution in [3.63, 3.8) is 0 Å². The van der Waals surface area contributed by atoms with Crippen LogP contribution in [0.5, 0.6) is 0 Å². The monoisotopic (exact) mass is 1130 g/mol. The summed E-state index contributed by atoms with van der Waals surface area (Å²) in [6.07, 6.45) is 39.7. The highest BCUT2D eigenvalue weighted by Gasteiger charge is 2.49. The number of alkyl halides is 2. The Balaban J connectivity index is 0.000000152. The van der Waals surface area contributed by atoms with Crippen LogP contribution < -0.4 is 11.1 Å². The first-order chi connectivity index (χ1) is 37.5. The van der Waals surface area contributed by atoms with Crippen LogP contribution in [0.25, 0.3) is 0 Å². The maximum absolute atomic E-state index is 11.5. The van der Waals surface area contributed by atoms with Crippen molar-refractivity contribution in [3.8, 4) is 0 Å². The molecular formula is C66H104Cl2N2O7Si. The minimum atomic E-state index is -1.38. The van der Waals surface area contributed by atoms with Crippen LogP contribution in [0.2, 0.25) is 19.6 Å². The van der Waals surface area contributed by atoms with Gasteiger partial charge < -0.3 is 30.8 Å². The largest absolute Gasteiger partial charge is 0.547 e. The molecule has 0 aromatic heterocycles. The lowest BCUT2D eigenvalue weighted by Crippen LogP contribution is -2.56. The van der Waals surface area contributed by atoms with Crippen molar-refractivity contribution >= 4 is 60.2 Å². The molecule has 10 aliphatic carbocycles. The van der Waals surface area contributed by atoms with Crippen LogP contribution in [0.3, 0.4) is 0 Å². The molecule has 9 saturated carbocycles. The predicted molar refractivity (Wildman–Crippen MR) is 325 cm³/mol. The third-order valence-electron chi connectivity index (χ3n) is 19.4. The molecule has 12 rings (SSSR count). The number of nitrogens with one attached hydrogen (secondary N) is 1. The molecule has 10 atom stereocenters. The molecule has 12 heteroatoms. The molecule has 0 amide bonds. The number of rotatable bonds is 4. The molecule has 3 unspecified atom stereocenters. The third kappa shape index (κ3) is 18.9. The van der Waals surface area contributed by atoms with Gasteiger partial charge in [0.2, 0.25) is 8.32 Å². The average molecular weight is 1140 g/mol. The van der Waals surface area contributed by atoms with E-state index in [-0.39, 0.29) is 34.8 Å². The first-order valence-electron chi connectivity index (χ1n) is 31.4. The fourth-order valence-electron chi connectivity index (χ4n) is 15.3. The van der Waals surface area contributed by atoms with Crippen LogP contribution >= 0.6 is 23.2 Å². The number of benzene rings is 2. The van der Waals surface area contributed by atoms with Crippen LogP contribution in [0.1, 0.15) is 225 Å². The standard InChI is InChI=1S/C16H23NO.C13H24OSi.2C10H16O2.C10H16O.C6H7N.CH2Cl2/c18-16-12-5-4-7-13(16)8-6-11-15(16)17-14-9-2-1-3-10-14;1-15(2,3)14-13-10-6-8-11-7-4-5-9-12(11)13;2*11-9-6-3-5-8-4-1-2-7-10(8,9)12;11-10-7-3-5-8-4-1-2-6-9(8)10;7-6-4-2-1-3-5-6;2-1-3/h1-3,9-10,13,15,17-18H,4-8,11-12H2;11H,4-10H2,1-3H3;2*8,12H,1-7H2;8-9H,1-7H2;1-5H,7H2;1H2/t13-,15-,16-;;8-,10+;8-,10-;;;/m1.11.../s1. The van der Waals surface area contributed by atoms with Crippen molar-refractivity contribution < 1.29 is 34.1 Å². The second kappa shape index (κ2) is 32.2. The molecule has 9 fully saturated rings. The summed E-state index contributed by atoms with van der Waals surface area (Å²) in [5.41, 5.74) is 6.75. The molecule has 2 aromatic rings. The molecule has 438 valence electrons. The zero-order valence-electron chi connectivity index (χ0n) is 48.6. The third-order valence-corrected chi connectivity index (χ3v) is 20.3. The van der Waals surface area contributed by atoms with Gasteiger partial charge in [0, 0.05) is 43.0 Å². The van der Waals surface area contributed by atoms with Crippen molar-refractivity contribution in [1.82, 2.24) is 0 Å². The number of Topliss-reactive ketones (excluding diaryl/α,β-unsaturated/α-hetero) is 3. The van der Waals surface area contributed by atoms with E-state index < -0.39 is 25.1 Å². The van der Waals surface area contributed by atoms with Gasteiger partial charge in [-0.3, -0.25) is 14.4 Å². The van der Waals surface area contributed by atoms with Crippen molar-refractivity contribution in [3.05, 3.63) is 72.0 Å². The fraction of sp³-hybridized carbons (Fsp3) is 0.742. The van der Waals surface area contributed by atoms with E-state index in [1.54, 1.807) is 5.57 Å². The Morgan fingerprint density at radius 2 is 1.01 bits per heavy atom. The molecule has 0 saturated heterocycles. The Morgan fingerprint density at radius 1 is 0.538 bits per heavy atom. The van der Waals surface area contributed by atoms with E-state index in [0.717, 1.165) is 107 Å². The van der Waals surface area contributed by atoms with Crippen LogP contribution in [-0.2, 0) is 18.8 Å². The second-order valence-corrected chi connectivity index (χ2v) is 31.0. The van der Waals surface area contributed by atoms with E-state index in [4.69, 9.17) is 33.4 Å². The number of carbonyl (C=O) groups excluding carboxylic acids is 3. The zero-order chi connectivity index (χ0) is 56.0. The average Bonchev–Trinajstić information content (AvgIpc) is 3.48. The summed E-state index contributed by atoms with van der Waals surface area (Å²) in [5, 5.41) is 35.0. The number of halogens is 2. The molecule has 6 N–H and O–H groups in total. The van der Waals surface area contributed by atoms with Crippen molar-refractivity contribution in [2.75, 3.05) is 16.4 Å². The lowest BCUT2D eigenvalue weighted by atomic mass is 9.65. The first-order valence-corrected chi connectivity index (χ1v) is 35.9. The lowest BCUT2D eigenvalue weighted by Gasteiger charge is -2.49. The number of anilines is 2. The van der Waals surface area contributed by atoms with Gasteiger partial charge in [0.1, 0.15) is 17.0 Å². The number of para-hydroxylation sites is 2. The minimum absolute atomic E-state index is 0.110. The Labute approximate surface area is 482 Å². The molecule has 78 heavy (non-hydrogen) atoms. The quantitative estimate of drug-likeness (QED) is 0.114. The Hall–Kier alpha value is -2.73. The molecule has 0 spiro atoms. The summed E-state index contributed by atoms with van der Waals surface area (Å²) >= 11 is 9.53. The van der Waals surface area contributed by atoms with E-state index >= 15 is 0 Å². The Bertz CT molecular complexity index is 2090. The van der Waals surface area contributed by atoms with Gasteiger partial charge in [-0.2, -0.15) is 0 Å². The molecule has 0 radical (unpaired) electrons. The molecule has 0 heterocycles. The number of ketones is 3. The highest BCUT2D eigenvalue weighted by atomic mass is 35.5. The summed E-state index contributed by atoms with van der Waals surface area (Å²) in [6, 6.07) is 20.0. The van der Waals surface area contributed by atoms with Crippen LogP contribution in [-0.4, -0.2) is 69.2 Å². The predicted octanol–water partition coefficient (Wildman–Crippen LogP) is 16.6. The number of carbonyl (C=O) groups is 3. The number of hydrogen-bond donors (Lipinski definition) is 5. The summed E-state index contributed by atoms with van der Waals surface area (Å²) in [5.74, 6) is 5.44. The highest BCUT2D eigenvalue weighted by Crippen LogP contribution is 2.46. The number of hydrogen-bond acceptors (Lipinski definition) is 9. The fourth-order valence-corrected chi connectivity index (χ4v) is 16.3. The Kier molecular flexibility index (Phi) is 26.6. The maximum atomic E-state index is 11.5. The van der Waals surface area contributed by atoms with Gasteiger partial charge in [0.25, 0.3) is 0 Å². The number of aliphatic hydroxyl groups is 3. The zero-order valence-corrected chi connectivity index (χ0v) is 51.1. The topological polar surface area (TPSA) is 159 Å². The van der Waals surface area contributed by atoms with Crippen molar-refractivity contribution in [1.29, 1.82) is 0 Å². The SMILES string of the molecule is C[Si](C)(C)OC1=C2CCCCC2CCC1.ClCCl.Nc1ccccc1.O=C1CCCC2CCCCC12.O=C1CCC[C@H]2CCCC[C@@]12O.O=C1CCC[C@H]2CCCC[C@]12O.O[C@]12CCCC[C@@H]1CCC[C@H]2Nc1ccccc1. The number of fused-ring (bicyclic) bond motifs is 5. The van der Waals surface area contributed by atoms with Gasteiger partial charge in [0.05, 0.1) is 22.7 Å². The van der Waals surface area contributed by atoms with Gasteiger partial charge in [-0.15, -0.1) is 23.2 Å². The normalized spacial score (nSPS) is 33.0. The van der Waals surface area contributed by atoms with Crippen molar-refractivity contribution in [2.24, 2.45) is 35.5 Å². The number of nitrogen functional groups attached to an aromatic ring is 1. The molecule has 0 bridgehead atoms. The molecular weight excluding hydrogens is 1030 g/mol. The smallest absolute Gasteiger partial charge is 0.241 e. The summed E-state index contributed by atoms with van der Waals surface area (Å²) < 4.78 is 6.27. The first kappa shape index (κ1) is 64.4. The van der Waals surface area contributed by atoms with E-state index in [1.807, 2.05) is 48.5 Å². The van der Waals surface area contributed by atoms with Gasteiger partial charge in [-0.25, -0.2) is 0 Å².